The Kier molecular flexibility index (Phi) is 5.05. The zero-order valence-corrected chi connectivity index (χ0v) is 15.2. The highest BCUT2D eigenvalue weighted by molar-refractivity contribution is 5.93. The van der Waals surface area contributed by atoms with Crippen molar-refractivity contribution < 1.29 is 19.2 Å². The lowest BCUT2D eigenvalue weighted by atomic mass is 10.1. The first-order valence-corrected chi connectivity index (χ1v) is 8.80. The molecule has 29 heavy (non-hydrogen) atoms. The first kappa shape index (κ1) is 18.4. The summed E-state index contributed by atoms with van der Waals surface area (Å²) in [6.07, 6.45) is 3.01. The molecule has 0 saturated heterocycles. The van der Waals surface area contributed by atoms with E-state index in [1.807, 2.05) is 30.3 Å². The number of ether oxygens (including phenoxy) is 1. The van der Waals surface area contributed by atoms with Gasteiger partial charge in [0.05, 0.1) is 5.39 Å². The second kappa shape index (κ2) is 7.95. The smallest absolute Gasteiger partial charge is 0.274 e. The lowest BCUT2D eigenvalue weighted by Crippen LogP contribution is -2.18. The number of nitrogens with one attached hydrogen (secondary N) is 1. The van der Waals surface area contributed by atoms with Gasteiger partial charge >= 0.3 is 0 Å². The fourth-order valence-corrected chi connectivity index (χ4v) is 2.91. The number of rotatable bonds is 5. The molecule has 2 N–H and O–H groups in total. The molecule has 0 aliphatic carbocycles. The van der Waals surface area contributed by atoms with Crippen LogP contribution < -0.4 is 15.6 Å². The van der Waals surface area contributed by atoms with Gasteiger partial charge < -0.3 is 9.15 Å². The van der Waals surface area contributed by atoms with E-state index in [9.17, 15) is 9.59 Å². The molecule has 0 spiro atoms. The molecule has 2 heterocycles. The average molecular weight is 388 g/mol. The van der Waals surface area contributed by atoms with Crippen LogP contribution in [0.1, 0.15) is 15.9 Å². The van der Waals surface area contributed by atoms with Crippen molar-refractivity contribution in [2.75, 3.05) is 0 Å². The first-order chi connectivity index (χ1) is 14.2. The third-order valence-corrected chi connectivity index (χ3v) is 4.39. The topological polar surface area (TPSA) is 102 Å². The van der Waals surface area contributed by atoms with Gasteiger partial charge in [0.25, 0.3) is 5.91 Å². The summed E-state index contributed by atoms with van der Waals surface area (Å²) in [5.41, 5.74) is 3.45. The number of hydrogen-bond acceptors (Lipinski definition) is 6. The Hall–Kier alpha value is -3.97. The van der Waals surface area contributed by atoms with Crippen LogP contribution in [-0.4, -0.2) is 16.1 Å². The monoisotopic (exact) mass is 388 g/mol. The van der Waals surface area contributed by atoms with Crippen molar-refractivity contribution in [3.63, 3.8) is 0 Å². The molecule has 144 valence electrons. The van der Waals surface area contributed by atoms with Crippen molar-refractivity contribution >= 4 is 16.9 Å². The molecule has 0 saturated carbocycles. The molecule has 0 unspecified atom stereocenters. The molecule has 2 aromatic carbocycles. The summed E-state index contributed by atoms with van der Waals surface area (Å²) in [6.45, 7) is 0.0946. The molecule has 4 aromatic rings. The normalized spacial score (nSPS) is 10.7. The van der Waals surface area contributed by atoms with Crippen LogP contribution in [-0.2, 0) is 6.61 Å². The number of hydroxylamine groups is 1. The summed E-state index contributed by atoms with van der Waals surface area (Å²) in [5.74, 6) is -0.175. The van der Waals surface area contributed by atoms with Crippen LogP contribution in [0.5, 0.6) is 5.75 Å². The zero-order valence-electron chi connectivity index (χ0n) is 15.2. The van der Waals surface area contributed by atoms with Gasteiger partial charge in [0, 0.05) is 23.5 Å². The van der Waals surface area contributed by atoms with Crippen molar-refractivity contribution in [3.8, 4) is 17.1 Å². The average Bonchev–Trinajstić information content (AvgIpc) is 2.79. The van der Waals surface area contributed by atoms with Gasteiger partial charge in [0.15, 0.2) is 5.76 Å². The van der Waals surface area contributed by atoms with E-state index in [1.165, 1.54) is 6.20 Å². The van der Waals surface area contributed by atoms with E-state index in [4.69, 9.17) is 14.4 Å². The van der Waals surface area contributed by atoms with Crippen LogP contribution in [0, 0.1) is 0 Å². The molecular weight excluding hydrogens is 372 g/mol. The maximum atomic E-state index is 13.0. The quantitative estimate of drug-likeness (QED) is 0.400. The summed E-state index contributed by atoms with van der Waals surface area (Å²) >= 11 is 0. The predicted octanol–water partition coefficient (Wildman–Crippen LogP) is 3.55. The van der Waals surface area contributed by atoms with Crippen LogP contribution >= 0.6 is 0 Å². The highest BCUT2D eigenvalue weighted by Gasteiger charge is 2.18. The van der Waals surface area contributed by atoms with E-state index in [0.717, 1.165) is 5.56 Å². The number of pyridine rings is 1. The number of carbonyl (C=O) groups is 1. The second-order valence-electron chi connectivity index (χ2n) is 6.25. The lowest BCUT2D eigenvalue weighted by Gasteiger charge is -2.12. The third-order valence-electron chi connectivity index (χ3n) is 4.39. The number of nitrogens with zero attached hydrogens (tertiary/aromatic N) is 1. The largest absolute Gasteiger partial charge is 0.481 e. The highest BCUT2D eigenvalue weighted by Crippen LogP contribution is 2.30. The third kappa shape index (κ3) is 3.71. The summed E-state index contributed by atoms with van der Waals surface area (Å²) in [5, 5.41) is 9.02. The number of fused-ring (bicyclic) bond motifs is 1. The zero-order chi connectivity index (χ0) is 20.2. The van der Waals surface area contributed by atoms with E-state index in [0.29, 0.717) is 27.9 Å². The molecule has 7 nitrogen and oxygen atoms in total. The van der Waals surface area contributed by atoms with Crippen molar-refractivity contribution in [3.05, 3.63) is 94.4 Å². The minimum atomic E-state index is -0.605. The Morgan fingerprint density at radius 3 is 2.55 bits per heavy atom. The molecule has 0 aliphatic heterocycles. The Morgan fingerprint density at radius 2 is 1.83 bits per heavy atom. The fraction of sp³-hybridized carbons (Fsp3) is 0.0455. The molecule has 1 amide bonds. The van der Waals surface area contributed by atoms with Crippen molar-refractivity contribution in [1.82, 2.24) is 10.5 Å². The van der Waals surface area contributed by atoms with Gasteiger partial charge in [-0.25, -0.2) is 5.48 Å². The summed E-state index contributed by atoms with van der Waals surface area (Å²) < 4.78 is 11.8. The SMILES string of the molecule is O=C(NO)c1ccc(COc2c(-c3ccccc3)oc3ccncc3c2=O)cc1. The summed E-state index contributed by atoms with van der Waals surface area (Å²) in [6, 6.07) is 17.3. The van der Waals surface area contributed by atoms with Crippen LogP contribution in [0.2, 0.25) is 0 Å². The van der Waals surface area contributed by atoms with Gasteiger partial charge in [-0.15, -0.1) is 0 Å². The summed E-state index contributed by atoms with van der Waals surface area (Å²) in [7, 11) is 0. The standard InChI is InChI=1S/C22H16N2O5/c25-19-17-12-23-11-10-18(17)29-20(15-4-2-1-3-5-15)21(19)28-13-14-6-8-16(9-7-14)22(26)24-27/h1-12,27H,13H2,(H,24,26). The first-order valence-electron chi connectivity index (χ1n) is 8.80. The number of aromatic nitrogens is 1. The van der Waals surface area contributed by atoms with E-state index >= 15 is 0 Å². The van der Waals surface area contributed by atoms with Gasteiger partial charge in [-0.1, -0.05) is 42.5 Å². The molecular formula is C22H16N2O5. The van der Waals surface area contributed by atoms with Crippen LogP contribution in [0.25, 0.3) is 22.3 Å². The Balaban J connectivity index is 1.71. The molecule has 0 radical (unpaired) electrons. The Labute approximate surface area is 165 Å². The molecule has 0 atom stereocenters. The van der Waals surface area contributed by atoms with E-state index < -0.39 is 5.91 Å². The number of benzene rings is 2. The van der Waals surface area contributed by atoms with Crippen LogP contribution in [0.3, 0.4) is 0 Å². The summed E-state index contributed by atoms with van der Waals surface area (Å²) in [4.78, 5) is 28.4. The number of amides is 1. The molecule has 7 heteroatoms. The predicted molar refractivity (Wildman–Crippen MR) is 106 cm³/mol. The maximum Gasteiger partial charge on any atom is 0.274 e. The molecule has 0 fully saturated rings. The van der Waals surface area contributed by atoms with Crippen molar-refractivity contribution in [1.29, 1.82) is 0 Å². The Morgan fingerprint density at radius 1 is 1.07 bits per heavy atom. The van der Waals surface area contributed by atoms with Crippen LogP contribution in [0.15, 0.2) is 82.3 Å². The second-order valence-corrected chi connectivity index (χ2v) is 6.25. The van der Waals surface area contributed by atoms with Gasteiger partial charge in [0.1, 0.15) is 12.2 Å². The molecule has 4 rings (SSSR count). The minimum Gasteiger partial charge on any atom is -0.481 e. The van der Waals surface area contributed by atoms with E-state index in [1.54, 1.807) is 42.0 Å². The fourth-order valence-electron chi connectivity index (χ4n) is 2.91. The van der Waals surface area contributed by atoms with E-state index in [-0.39, 0.29) is 17.8 Å². The molecule has 0 aliphatic rings. The van der Waals surface area contributed by atoms with Gasteiger partial charge in [0.2, 0.25) is 11.2 Å². The van der Waals surface area contributed by atoms with Crippen molar-refractivity contribution in [2.45, 2.75) is 6.61 Å². The lowest BCUT2D eigenvalue weighted by molar-refractivity contribution is 0.0706. The molecule has 0 bridgehead atoms. The van der Waals surface area contributed by atoms with Gasteiger partial charge in [-0.3, -0.25) is 19.8 Å². The minimum absolute atomic E-state index is 0.0916. The van der Waals surface area contributed by atoms with Crippen LogP contribution in [0.4, 0.5) is 0 Å². The van der Waals surface area contributed by atoms with Crippen molar-refractivity contribution in [2.24, 2.45) is 0 Å². The van der Waals surface area contributed by atoms with Gasteiger partial charge in [-0.05, 0) is 23.8 Å². The van der Waals surface area contributed by atoms with E-state index in [2.05, 4.69) is 4.98 Å². The van der Waals surface area contributed by atoms with Gasteiger partial charge in [-0.2, -0.15) is 0 Å². The molecule has 2 aromatic heterocycles. The number of hydrogen-bond donors (Lipinski definition) is 2. The maximum absolute atomic E-state index is 13.0. The number of carbonyl (C=O) groups excluding carboxylic acids is 1. The highest BCUT2D eigenvalue weighted by atomic mass is 16.5. The Bertz CT molecular complexity index is 1220.